The second-order valence-electron chi connectivity index (χ2n) is 7.75. The number of carbonyl (C=O) groups is 1. The summed E-state index contributed by atoms with van der Waals surface area (Å²) in [4.78, 5) is 21.0. The zero-order valence-corrected chi connectivity index (χ0v) is 16.7. The van der Waals surface area contributed by atoms with E-state index in [1.165, 1.54) is 6.07 Å². The number of carbonyl (C=O) groups excluding carboxylic acids is 1. The number of piperidine rings is 1. The third-order valence-electron chi connectivity index (χ3n) is 5.54. The van der Waals surface area contributed by atoms with Gasteiger partial charge in [0.05, 0.1) is 0 Å². The summed E-state index contributed by atoms with van der Waals surface area (Å²) in [7, 11) is 1.90. The Balaban J connectivity index is 1.42. The van der Waals surface area contributed by atoms with E-state index in [0.717, 1.165) is 56.7 Å². The Morgan fingerprint density at radius 3 is 2.82 bits per heavy atom. The van der Waals surface area contributed by atoms with Crippen LogP contribution in [0.1, 0.15) is 30.5 Å². The van der Waals surface area contributed by atoms with Crippen LogP contribution in [0.3, 0.4) is 0 Å². The molecule has 4 nitrogen and oxygen atoms in total. The average Bonchev–Trinajstić information content (AvgIpc) is 2.72. The van der Waals surface area contributed by atoms with Gasteiger partial charge in [0, 0.05) is 45.0 Å². The van der Waals surface area contributed by atoms with Crippen LogP contribution in [0.4, 0.5) is 4.39 Å². The zero-order valence-electron chi connectivity index (χ0n) is 16.7. The maximum absolute atomic E-state index is 13.8. The molecule has 0 aliphatic carbocycles. The molecule has 1 aromatic heterocycles. The van der Waals surface area contributed by atoms with Crippen molar-refractivity contribution in [3.8, 4) is 0 Å². The molecule has 2 heterocycles. The molecule has 0 radical (unpaired) electrons. The topological polar surface area (TPSA) is 36.4 Å². The highest BCUT2D eigenvalue weighted by Crippen LogP contribution is 2.19. The van der Waals surface area contributed by atoms with Crippen LogP contribution in [-0.4, -0.2) is 53.9 Å². The van der Waals surface area contributed by atoms with Gasteiger partial charge in [-0.1, -0.05) is 24.3 Å². The van der Waals surface area contributed by atoms with E-state index in [-0.39, 0.29) is 11.7 Å². The van der Waals surface area contributed by atoms with Crippen molar-refractivity contribution in [3.63, 3.8) is 0 Å². The number of aromatic nitrogens is 1. The fourth-order valence-electron chi connectivity index (χ4n) is 3.94. The third-order valence-corrected chi connectivity index (χ3v) is 5.54. The summed E-state index contributed by atoms with van der Waals surface area (Å²) >= 11 is 0. The summed E-state index contributed by atoms with van der Waals surface area (Å²) in [6, 6.07) is 12.8. The van der Waals surface area contributed by atoms with Crippen molar-refractivity contribution in [1.82, 2.24) is 14.8 Å². The predicted octanol–water partition coefficient (Wildman–Crippen LogP) is 3.57. The quantitative estimate of drug-likeness (QED) is 0.699. The van der Waals surface area contributed by atoms with E-state index in [1.54, 1.807) is 12.3 Å². The van der Waals surface area contributed by atoms with Gasteiger partial charge in [0.15, 0.2) is 0 Å². The number of amides is 1. The van der Waals surface area contributed by atoms with Gasteiger partial charge in [0.25, 0.3) is 0 Å². The molecule has 150 valence electrons. The van der Waals surface area contributed by atoms with Gasteiger partial charge in [-0.15, -0.1) is 0 Å². The van der Waals surface area contributed by atoms with Crippen molar-refractivity contribution in [1.29, 1.82) is 0 Å². The number of hydrogen-bond acceptors (Lipinski definition) is 3. The monoisotopic (exact) mass is 383 g/mol. The first-order valence-corrected chi connectivity index (χ1v) is 10.2. The summed E-state index contributed by atoms with van der Waals surface area (Å²) in [6.07, 6.45) is 5.96. The average molecular weight is 384 g/mol. The second kappa shape index (κ2) is 10.3. The molecule has 5 heteroatoms. The van der Waals surface area contributed by atoms with Crippen LogP contribution in [0.15, 0.2) is 48.7 Å². The number of nitrogens with zero attached hydrogens (tertiary/aromatic N) is 3. The maximum atomic E-state index is 13.8. The zero-order chi connectivity index (χ0) is 19.8. The van der Waals surface area contributed by atoms with Crippen molar-refractivity contribution in [2.75, 3.05) is 33.2 Å². The van der Waals surface area contributed by atoms with Gasteiger partial charge < -0.3 is 9.80 Å². The van der Waals surface area contributed by atoms with Crippen LogP contribution in [0.5, 0.6) is 0 Å². The predicted molar refractivity (Wildman–Crippen MR) is 109 cm³/mol. The number of hydrogen-bond donors (Lipinski definition) is 0. The van der Waals surface area contributed by atoms with E-state index in [4.69, 9.17) is 0 Å². The molecule has 0 bridgehead atoms. The third kappa shape index (κ3) is 6.13. The first kappa shape index (κ1) is 20.5. The lowest BCUT2D eigenvalue weighted by Gasteiger charge is -2.34. The molecule has 1 aromatic carbocycles. The first-order chi connectivity index (χ1) is 13.6. The van der Waals surface area contributed by atoms with E-state index in [9.17, 15) is 9.18 Å². The largest absolute Gasteiger partial charge is 0.345 e. The standard InChI is InChI=1S/C23H30FN3O/c1-26(23(28)12-11-21-9-4-5-14-25-21)17-19-7-6-15-27(18-19)16-13-20-8-2-3-10-22(20)24/h2-5,8-10,14,19H,6-7,11-13,15-18H2,1H3. The van der Waals surface area contributed by atoms with Crippen molar-refractivity contribution in [2.45, 2.75) is 32.1 Å². The van der Waals surface area contributed by atoms with Crippen LogP contribution in [0.2, 0.25) is 0 Å². The molecular weight excluding hydrogens is 353 g/mol. The van der Waals surface area contributed by atoms with Gasteiger partial charge in [-0.2, -0.15) is 0 Å². The number of rotatable bonds is 8. The molecule has 0 saturated carbocycles. The van der Waals surface area contributed by atoms with E-state index in [1.807, 2.05) is 42.3 Å². The van der Waals surface area contributed by atoms with Crippen molar-refractivity contribution < 1.29 is 9.18 Å². The number of halogens is 1. The smallest absolute Gasteiger partial charge is 0.222 e. The lowest BCUT2D eigenvalue weighted by Crippen LogP contribution is -2.42. The molecule has 0 spiro atoms. The highest BCUT2D eigenvalue weighted by Gasteiger charge is 2.22. The Hall–Kier alpha value is -2.27. The number of benzene rings is 1. The molecule has 1 amide bonds. The summed E-state index contributed by atoms with van der Waals surface area (Å²) in [5, 5.41) is 0. The molecule has 28 heavy (non-hydrogen) atoms. The molecule has 2 aromatic rings. The molecule has 1 unspecified atom stereocenters. The van der Waals surface area contributed by atoms with E-state index in [0.29, 0.717) is 18.8 Å². The molecule has 1 saturated heterocycles. The van der Waals surface area contributed by atoms with Crippen molar-refractivity contribution in [3.05, 3.63) is 65.7 Å². The van der Waals surface area contributed by atoms with Crippen LogP contribution in [0, 0.1) is 11.7 Å². The van der Waals surface area contributed by atoms with E-state index in [2.05, 4.69) is 9.88 Å². The van der Waals surface area contributed by atoms with Crippen LogP contribution < -0.4 is 0 Å². The summed E-state index contributed by atoms with van der Waals surface area (Å²) in [5.41, 5.74) is 1.74. The molecule has 1 atom stereocenters. The highest BCUT2D eigenvalue weighted by molar-refractivity contribution is 5.76. The van der Waals surface area contributed by atoms with Crippen LogP contribution >= 0.6 is 0 Å². The Labute approximate surface area is 167 Å². The molecule has 0 N–H and O–H groups in total. The van der Waals surface area contributed by atoms with E-state index < -0.39 is 0 Å². The van der Waals surface area contributed by atoms with Gasteiger partial charge in [-0.3, -0.25) is 9.78 Å². The fourth-order valence-corrected chi connectivity index (χ4v) is 3.94. The number of aryl methyl sites for hydroxylation is 1. The van der Waals surface area contributed by atoms with Crippen LogP contribution in [-0.2, 0) is 17.6 Å². The lowest BCUT2D eigenvalue weighted by molar-refractivity contribution is -0.130. The normalized spacial score (nSPS) is 17.4. The second-order valence-corrected chi connectivity index (χ2v) is 7.75. The minimum Gasteiger partial charge on any atom is -0.345 e. The maximum Gasteiger partial charge on any atom is 0.222 e. The van der Waals surface area contributed by atoms with Gasteiger partial charge in [-0.25, -0.2) is 4.39 Å². The summed E-state index contributed by atoms with van der Waals surface area (Å²) in [6.45, 7) is 3.70. The minimum atomic E-state index is -0.116. The molecule has 1 fully saturated rings. The number of likely N-dealkylation sites (tertiary alicyclic amines) is 1. The molecular formula is C23H30FN3O. The van der Waals surface area contributed by atoms with E-state index >= 15 is 0 Å². The lowest BCUT2D eigenvalue weighted by atomic mass is 9.97. The van der Waals surface area contributed by atoms with Gasteiger partial charge in [0.1, 0.15) is 5.82 Å². The molecule has 1 aliphatic heterocycles. The number of pyridine rings is 1. The highest BCUT2D eigenvalue weighted by atomic mass is 19.1. The Morgan fingerprint density at radius 2 is 2.04 bits per heavy atom. The van der Waals surface area contributed by atoms with Gasteiger partial charge in [-0.05, 0) is 61.9 Å². The SMILES string of the molecule is CN(CC1CCCN(CCc2ccccc2F)C1)C(=O)CCc1ccccn1. The van der Waals surface area contributed by atoms with Crippen molar-refractivity contribution >= 4 is 5.91 Å². The Kier molecular flexibility index (Phi) is 7.54. The first-order valence-electron chi connectivity index (χ1n) is 10.2. The fraction of sp³-hybridized carbons (Fsp3) is 0.478. The van der Waals surface area contributed by atoms with Crippen LogP contribution in [0.25, 0.3) is 0 Å². The van der Waals surface area contributed by atoms with Crippen molar-refractivity contribution in [2.24, 2.45) is 5.92 Å². The Morgan fingerprint density at radius 1 is 1.21 bits per heavy atom. The Bertz CT molecular complexity index is 753. The summed E-state index contributed by atoms with van der Waals surface area (Å²) < 4.78 is 13.8. The molecule has 1 aliphatic rings. The summed E-state index contributed by atoms with van der Waals surface area (Å²) in [5.74, 6) is 0.543. The van der Waals surface area contributed by atoms with Gasteiger partial charge >= 0.3 is 0 Å². The van der Waals surface area contributed by atoms with Gasteiger partial charge in [0.2, 0.25) is 5.91 Å². The minimum absolute atomic E-state index is 0.116. The molecule has 3 rings (SSSR count).